The van der Waals surface area contributed by atoms with E-state index >= 15 is 0 Å². The Morgan fingerprint density at radius 2 is 2.04 bits per heavy atom. The monoisotopic (exact) mass is 326 g/mol. The lowest BCUT2D eigenvalue weighted by Gasteiger charge is -2.38. The highest BCUT2D eigenvalue weighted by atomic mass is 16.4. The maximum atomic E-state index is 12.5. The molecular formula is C16H14N4O4. The number of aromatic nitrogens is 3. The number of carbonyl (C=O) groups excluding carboxylic acids is 1. The van der Waals surface area contributed by atoms with E-state index in [1.54, 1.807) is 24.3 Å². The zero-order chi connectivity index (χ0) is 16.9. The van der Waals surface area contributed by atoms with Crippen molar-refractivity contribution in [3.8, 4) is 0 Å². The Labute approximate surface area is 135 Å². The minimum absolute atomic E-state index is 0.144. The first-order chi connectivity index (χ1) is 11.5. The Morgan fingerprint density at radius 1 is 1.29 bits per heavy atom. The molecule has 8 nitrogen and oxygen atoms in total. The SMILES string of the molecule is O=C(NC1(C(=O)O)CCC1)c1cnn2c1[nH]c(=O)c1ccccc12. The first-order valence-electron chi connectivity index (χ1n) is 7.56. The predicted octanol–water partition coefficient (Wildman–Crippen LogP) is 0.913. The number of para-hydroxylation sites is 1. The zero-order valence-corrected chi connectivity index (χ0v) is 12.6. The van der Waals surface area contributed by atoms with Gasteiger partial charge in [-0.25, -0.2) is 9.31 Å². The van der Waals surface area contributed by atoms with Crippen molar-refractivity contribution in [2.24, 2.45) is 0 Å². The van der Waals surface area contributed by atoms with Gasteiger partial charge in [-0.05, 0) is 31.4 Å². The molecule has 0 aliphatic heterocycles. The summed E-state index contributed by atoms with van der Waals surface area (Å²) in [6.07, 6.45) is 2.88. The number of carbonyl (C=O) groups is 2. The number of hydrogen-bond acceptors (Lipinski definition) is 4. The number of rotatable bonds is 3. The van der Waals surface area contributed by atoms with Crippen LogP contribution in [0.1, 0.15) is 29.6 Å². The lowest BCUT2D eigenvalue weighted by molar-refractivity contribution is -0.148. The number of aromatic amines is 1. The first kappa shape index (κ1) is 14.4. The van der Waals surface area contributed by atoms with Gasteiger partial charge in [0.1, 0.15) is 16.7 Å². The maximum absolute atomic E-state index is 12.5. The molecule has 2 heterocycles. The van der Waals surface area contributed by atoms with E-state index in [2.05, 4.69) is 15.4 Å². The van der Waals surface area contributed by atoms with Crippen molar-refractivity contribution in [3.63, 3.8) is 0 Å². The highest BCUT2D eigenvalue weighted by Gasteiger charge is 2.46. The van der Waals surface area contributed by atoms with Crippen LogP contribution in [0.15, 0.2) is 35.3 Å². The van der Waals surface area contributed by atoms with E-state index < -0.39 is 17.4 Å². The summed E-state index contributed by atoms with van der Waals surface area (Å²) in [4.78, 5) is 38.8. The molecule has 1 aliphatic rings. The summed E-state index contributed by atoms with van der Waals surface area (Å²) in [5.41, 5.74) is -0.583. The van der Waals surface area contributed by atoms with Crippen molar-refractivity contribution in [1.82, 2.24) is 19.9 Å². The van der Waals surface area contributed by atoms with Gasteiger partial charge in [0.05, 0.1) is 17.1 Å². The number of aliphatic carboxylic acids is 1. The Bertz CT molecular complexity index is 1050. The van der Waals surface area contributed by atoms with E-state index in [0.717, 1.165) is 6.42 Å². The van der Waals surface area contributed by atoms with E-state index in [1.165, 1.54) is 10.7 Å². The molecule has 0 bridgehead atoms. The molecule has 1 amide bonds. The fraction of sp³-hybridized carbons (Fsp3) is 0.250. The number of carboxylic acid groups (broad SMARTS) is 1. The molecule has 1 saturated carbocycles. The van der Waals surface area contributed by atoms with Gasteiger partial charge < -0.3 is 15.4 Å². The molecule has 0 saturated heterocycles. The van der Waals surface area contributed by atoms with E-state index in [4.69, 9.17) is 0 Å². The number of nitrogens with one attached hydrogen (secondary N) is 2. The third-order valence-electron chi connectivity index (χ3n) is 4.59. The van der Waals surface area contributed by atoms with Gasteiger partial charge in [0.25, 0.3) is 11.5 Å². The number of fused-ring (bicyclic) bond motifs is 3. The third kappa shape index (κ3) is 1.92. The standard InChI is InChI=1S/C16H14N4O4/c21-13-9-4-1-2-5-11(9)20-12(18-13)10(8-17-20)14(22)19-16(15(23)24)6-3-7-16/h1-2,4-5,8H,3,6-7H2,(H,18,21)(H,19,22)(H,23,24). The van der Waals surface area contributed by atoms with Crippen LogP contribution in [0.3, 0.4) is 0 Å². The Morgan fingerprint density at radius 3 is 2.71 bits per heavy atom. The topological polar surface area (TPSA) is 117 Å². The molecule has 8 heteroatoms. The van der Waals surface area contributed by atoms with Gasteiger partial charge in [-0.15, -0.1) is 0 Å². The van der Waals surface area contributed by atoms with Crippen LogP contribution in [-0.2, 0) is 4.79 Å². The second-order valence-corrected chi connectivity index (χ2v) is 5.98. The minimum Gasteiger partial charge on any atom is -0.480 e. The predicted molar refractivity (Wildman–Crippen MR) is 85.0 cm³/mol. The molecule has 3 N–H and O–H groups in total. The summed E-state index contributed by atoms with van der Waals surface area (Å²) < 4.78 is 1.47. The van der Waals surface area contributed by atoms with Gasteiger partial charge in [-0.3, -0.25) is 9.59 Å². The van der Waals surface area contributed by atoms with Crippen LogP contribution < -0.4 is 10.9 Å². The smallest absolute Gasteiger partial charge is 0.329 e. The third-order valence-corrected chi connectivity index (χ3v) is 4.59. The number of benzene rings is 1. The average Bonchev–Trinajstić information content (AvgIpc) is 2.94. The van der Waals surface area contributed by atoms with Crippen molar-refractivity contribution in [2.75, 3.05) is 0 Å². The van der Waals surface area contributed by atoms with Gasteiger partial charge in [0.15, 0.2) is 0 Å². The summed E-state index contributed by atoms with van der Waals surface area (Å²) in [6.45, 7) is 0. The van der Waals surface area contributed by atoms with E-state index in [-0.39, 0.29) is 16.8 Å². The van der Waals surface area contributed by atoms with Gasteiger partial charge in [-0.1, -0.05) is 12.1 Å². The second-order valence-electron chi connectivity index (χ2n) is 5.98. The maximum Gasteiger partial charge on any atom is 0.329 e. The number of carboxylic acids is 1. The Balaban J connectivity index is 1.82. The number of nitrogens with zero attached hydrogens (tertiary/aromatic N) is 2. The average molecular weight is 326 g/mol. The van der Waals surface area contributed by atoms with Gasteiger partial charge in [0, 0.05) is 0 Å². The van der Waals surface area contributed by atoms with Crippen molar-refractivity contribution < 1.29 is 14.7 Å². The zero-order valence-electron chi connectivity index (χ0n) is 12.6. The molecule has 4 rings (SSSR count). The molecule has 2 aromatic heterocycles. The Hall–Kier alpha value is -3.16. The van der Waals surface area contributed by atoms with E-state index in [0.29, 0.717) is 23.7 Å². The molecular weight excluding hydrogens is 312 g/mol. The molecule has 1 fully saturated rings. The lowest BCUT2D eigenvalue weighted by Crippen LogP contribution is -2.59. The number of H-pyrrole nitrogens is 1. The molecule has 0 radical (unpaired) electrons. The van der Waals surface area contributed by atoms with Crippen LogP contribution in [0.5, 0.6) is 0 Å². The molecule has 1 aromatic carbocycles. The van der Waals surface area contributed by atoms with Gasteiger partial charge in [0.2, 0.25) is 0 Å². The summed E-state index contributed by atoms with van der Waals surface area (Å²) >= 11 is 0. The summed E-state index contributed by atoms with van der Waals surface area (Å²) in [5.74, 6) is -1.60. The van der Waals surface area contributed by atoms with Crippen LogP contribution in [0.25, 0.3) is 16.6 Å². The second kappa shape index (κ2) is 4.92. The summed E-state index contributed by atoms with van der Waals surface area (Å²) in [5, 5.41) is 16.5. The minimum atomic E-state index is -1.22. The lowest BCUT2D eigenvalue weighted by atomic mass is 9.76. The van der Waals surface area contributed by atoms with Gasteiger partial charge >= 0.3 is 5.97 Å². The Kier molecular flexibility index (Phi) is 2.96. The molecule has 0 unspecified atom stereocenters. The van der Waals surface area contributed by atoms with Crippen molar-refractivity contribution in [1.29, 1.82) is 0 Å². The van der Waals surface area contributed by atoms with Crippen molar-refractivity contribution in [2.45, 2.75) is 24.8 Å². The molecule has 0 atom stereocenters. The van der Waals surface area contributed by atoms with Crippen molar-refractivity contribution in [3.05, 3.63) is 46.4 Å². The van der Waals surface area contributed by atoms with Crippen molar-refractivity contribution >= 4 is 28.4 Å². The molecule has 1 aliphatic carbocycles. The normalized spacial score (nSPS) is 16.0. The van der Waals surface area contributed by atoms with Crippen LogP contribution >= 0.6 is 0 Å². The first-order valence-corrected chi connectivity index (χ1v) is 7.56. The quantitative estimate of drug-likeness (QED) is 0.661. The summed E-state index contributed by atoms with van der Waals surface area (Å²) in [7, 11) is 0. The van der Waals surface area contributed by atoms with Gasteiger partial charge in [-0.2, -0.15) is 5.10 Å². The van der Waals surface area contributed by atoms with Crippen LogP contribution in [0.4, 0.5) is 0 Å². The van der Waals surface area contributed by atoms with Crippen LogP contribution in [0.2, 0.25) is 0 Å². The molecule has 3 aromatic rings. The highest BCUT2D eigenvalue weighted by Crippen LogP contribution is 2.32. The van der Waals surface area contributed by atoms with E-state index in [1.807, 2.05) is 0 Å². The van der Waals surface area contributed by atoms with Crippen LogP contribution in [-0.4, -0.2) is 37.1 Å². The molecule has 24 heavy (non-hydrogen) atoms. The van der Waals surface area contributed by atoms with E-state index in [9.17, 15) is 19.5 Å². The molecule has 0 spiro atoms. The number of hydrogen-bond donors (Lipinski definition) is 3. The molecule has 122 valence electrons. The fourth-order valence-electron chi connectivity index (χ4n) is 3.05. The summed E-state index contributed by atoms with van der Waals surface area (Å²) in [6, 6.07) is 6.92. The largest absolute Gasteiger partial charge is 0.480 e. The number of amides is 1. The van der Waals surface area contributed by atoms with Crippen LogP contribution in [0, 0.1) is 0 Å². The highest BCUT2D eigenvalue weighted by molar-refractivity contribution is 6.03. The fourth-order valence-corrected chi connectivity index (χ4v) is 3.05.